The van der Waals surface area contributed by atoms with E-state index in [9.17, 15) is 20.4 Å². The van der Waals surface area contributed by atoms with Gasteiger partial charge in [-0.25, -0.2) is 0 Å². The van der Waals surface area contributed by atoms with E-state index in [0.29, 0.717) is 12.5 Å². The van der Waals surface area contributed by atoms with Crippen LogP contribution in [0.25, 0.3) is 0 Å². The fourth-order valence-corrected chi connectivity index (χ4v) is 4.83. The van der Waals surface area contributed by atoms with Crippen LogP contribution >= 0.6 is 0 Å². The zero-order chi connectivity index (χ0) is 22.9. The molecule has 6 atom stereocenters. The molecule has 0 bridgehead atoms. The highest BCUT2D eigenvalue weighted by molar-refractivity contribution is 5.42. The zero-order valence-corrected chi connectivity index (χ0v) is 18.5. The zero-order valence-electron chi connectivity index (χ0n) is 18.5. The Morgan fingerprint density at radius 1 is 0.909 bits per heavy atom. The molecular weight excluding hydrogens is 424 g/mol. The van der Waals surface area contributed by atoms with E-state index in [1.807, 2.05) is 24.3 Å². The van der Waals surface area contributed by atoms with Gasteiger partial charge in [-0.15, -0.1) is 0 Å². The van der Waals surface area contributed by atoms with Crippen molar-refractivity contribution in [3.05, 3.63) is 64.7 Å². The van der Waals surface area contributed by atoms with E-state index in [1.165, 1.54) is 18.4 Å². The van der Waals surface area contributed by atoms with Gasteiger partial charge in [0, 0.05) is 6.42 Å². The molecule has 0 spiro atoms. The number of benzene rings is 2. The minimum atomic E-state index is -1.38. The van der Waals surface area contributed by atoms with Gasteiger partial charge in [0.2, 0.25) is 0 Å². The van der Waals surface area contributed by atoms with Crippen molar-refractivity contribution in [3.8, 4) is 5.75 Å². The van der Waals surface area contributed by atoms with E-state index in [2.05, 4.69) is 18.2 Å². The standard InChI is InChI=1S/C26H32O7/c27-13-22-23(28)24(29)25(30)26(33-22)17-5-8-21(16-3-4-16)18(12-17)11-15-1-6-19(7-2-15)32-20-9-10-31-14-20/h1-2,5-8,12,16,20,22-30H,3-4,9-11,13-14H2/t20?,22-,23-,24+,25-,26+/m1/s1. The van der Waals surface area contributed by atoms with Crippen LogP contribution in [0.3, 0.4) is 0 Å². The summed E-state index contributed by atoms with van der Waals surface area (Å²) >= 11 is 0. The fraction of sp³-hybridized carbons (Fsp3) is 0.538. The van der Waals surface area contributed by atoms with Crippen molar-refractivity contribution in [1.29, 1.82) is 0 Å². The molecule has 33 heavy (non-hydrogen) atoms. The molecule has 0 aromatic heterocycles. The van der Waals surface area contributed by atoms with Crippen LogP contribution < -0.4 is 4.74 Å². The molecule has 3 fully saturated rings. The van der Waals surface area contributed by atoms with Gasteiger partial charge in [-0.05, 0) is 59.6 Å². The number of hydrogen-bond acceptors (Lipinski definition) is 7. The van der Waals surface area contributed by atoms with Gasteiger partial charge in [-0.2, -0.15) is 0 Å². The van der Waals surface area contributed by atoms with Crippen molar-refractivity contribution in [2.45, 2.75) is 68.2 Å². The number of aliphatic hydroxyl groups is 4. The lowest BCUT2D eigenvalue weighted by atomic mass is 9.88. The molecule has 1 unspecified atom stereocenters. The van der Waals surface area contributed by atoms with Gasteiger partial charge in [-0.1, -0.05) is 30.3 Å². The molecule has 0 amide bonds. The van der Waals surface area contributed by atoms with Crippen molar-refractivity contribution in [2.75, 3.05) is 19.8 Å². The average Bonchev–Trinajstić information content (AvgIpc) is 3.55. The van der Waals surface area contributed by atoms with E-state index in [-0.39, 0.29) is 6.10 Å². The quantitative estimate of drug-likeness (QED) is 0.503. The normalized spacial score (nSPS) is 32.1. The van der Waals surface area contributed by atoms with Crippen LogP contribution in [0.1, 0.15) is 53.5 Å². The Hall–Kier alpha value is -2.00. The van der Waals surface area contributed by atoms with Crippen LogP contribution in [-0.2, 0) is 15.9 Å². The molecule has 2 heterocycles. The minimum absolute atomic E-state index is 0.118. The van der Waals surface area contributed by atoms with Gasteiger partial charge < -0.3 is 34.6 Å². The van der Waals surface area contributed by atoms with Crippen LogP contribution in [0.2, 0.25) is 0 Å². The molecule has 7 heteroatoms. The molecule has 0 radical (unpaired) electrons. The Labute approximate surface area is 193 Å². The SMILES string of the molecule is OC[C@H]1O[C@@H](c2ccc(C3CC3)c(Cc3ccc(OC4CCOC4)cc3)c2)[C@H](O)[C@@H](O)[C@@H]1O. The first-order valence-corrected chi connectivity index (χ1v) is 11.8. The molecule has 4 N–H and O–H groups in total. The Morgan fingerprint density at radius 2 is 1.70 bits per heavy atom. The molecule has 2 saturated heterocycles. The number of rotatable bonds is 7. The fourth-order valence-electron chi connectivity index (χ4n) is 4.83. The largest absolute Gasteiger partial charge is 0.488 e. The second-order valence-corrected chi connectivity index (χ2v) is 9.41. The predicted molar refractivity (Wildman–Crippen MR) is 120 cm³/mol. The summed E-state index contributed by atoms with van der Waals surface area (Å²) in [6.07, 6.45) is -1.67. The van der Waals surface area contributed by atoms with Crippen molar-refractivity contribution in [1.82, 2.24) is 0 Å². The second-order valence-electron chi connectivity index (χ2n) is 9.41. The number of hydrogen-bond donors (Lipinski definition) is 4. The second kappa shape index (κ2) is 9.70. The Balaban J connectivity index is 1.36. The smallest absolute Gasteiger partial charge is 0.124 e. The van der Waals surface area contributed by atoms with Gasteiger partial charge in [0.05, 0.1) is 19.8 Å². The molecule has 2 aliphatic heterocycles. The molecule has 2 aromatic rings. The summed E-state index contributed by atoms with van der Waals surface area (Å²) < 4.78 is 17.1. The third kappa shape index (κ3) is 4.94. The summed E-state index contributed by atoms with van der Waals surface area (Å²) in [7, 11) is 0. The first kappa shape index (κ1) is 22.8. The molecule has 2 aromatic carbocycles. The molecule has 5 rings (SSSR count). The van der Waals surface area contributed by atoms with E-state index >= 15 is 0 Å². The average molecular weight is 457 g/mol. The predicted octanol–water partition coefficient (Wildman–Crippen LogP) is 1.84. The Bertz CT molecular complexity index is 934. The van der Waals surface area contributed by atoms with E-state index in [0.717, 1.165) is 41.9 Å². The van der Waals surface area contributed by atoms with Crippen LogP contribution in [-0.4, -0.2) is 70.8 Å². The van der Waals surface area contributed by atoms with E-state index in [4.69, 9.17) is 14.2 Å². The lowest BCUT2D eigenvalue weighted by Gasteiger charge is -2.40. The maximum atomic E-state index is 10.6. The molecule has 178 valence electrons. The van der Waals surface area contributed by atoms with Gasteiger partial charge >= 0.3 is 0 Å². The van der Waals surface area contributed by atoms with Gasteiger partial charge in [0.1, 0.15) is 42.4 Å². The lowest BCUT2D eigenvalue weighted by Crippen LogP contribution is -2.55. The van der Waals surface area contributed by atoms with E-state index < -0.39 is 37.1 Å². The summed E-state index contributed by atoms with van der Waals surface area (Å²) in [6, 6.07) is 14.2. The summed E-state index contributed by atoms with van der Waals surface area (Å²) in [5, 5.41) is 40.4. The van der Waals surface area contributed by atoms with Crippen LogP contribution in [0.5, 0.6) is 5.75 Å². The summed E-state index contributed by atoms with van der Waals surface area (Å²) in [4.78, 5) is 0. The third-order valence-corrected chi connectivity index (χ3v) is 6.91. The number of aliphatic hydroxyl groups excluding tert-OH is 4. The molecule has 7 nitrogen and oxygen atoms in total. The van der Waals surface area contributed by atoms with Crippen molar-refractivity contribution < 1.29 is 34.6 Å². The molecule has 1 aliphatic carbocycles. The number of ether oxygens (including phenoxy) is 3. The Kier molecular flexibility index (Phi) is 6.69. The van der Waals surface area contributed by atoms with E-state index in [1.54, 1.807) is 0 Å². The first-order valence-electron chi connectivity index (χ1n) is 11.8. The highest BCUT2D eigenvalue weighted by Gasteiger charge is 2.44. The highest BCUT2D eigenvalue weighted by atomic mass is 16.5. The van der Waals surface area contributed by atoms with Gasteiger partial charge in [0.25, 0.3) is 0 Å². The minimum Gasteiger partial charge on any atom is -0.488 e. The van der Waals surface area contributed by atoms with Crippen LogP contribution in [0.15, 0.2) is 42.5 Å². The molecular formula is C26H32O7. The summed E-state index contributed by atoms with van der Waals surface area (Å²) in [5.74, 6) is 1.39. The van der Waals surface area contributed by atoms with Crippen molar-refractivity contribution in [3.63, 3.8) is 0 Å². The topological polar surface area (TPSA) is 109 Å². The molecule has 1 saturated carbocycles. The summed E-state index contributed by atoms with van der Waals surface area (Å²) in [5.41, 5.74) is 4.34. The maximum absolute atomic E-state index is 10.6. The van der Waals surface area contributed by atoms with Crippen molar-refractivity contribution in [2.24, 2.45) is 0 Å². The lowest BCUT2D eigenvalue weighted by molar-refractivity contribution is -0.231. The third-order valence-electron chi connectivity index (χ3n) is 6.91. The first-order chi connectivity index (χ1) is 16.0. The monoisotopic (exact) mass is 456 g/mol. The van der Waals surface area contributed by atoms with Crippen LogP contribution in [0.4, 0.5) is 0 Å². The highest BCUT2D eigenvalue weighted by Crippen LogP contribution is 2.43. The van der Waals surface area contributed by atoms with Gasteiger partial charge in [0.15, 0.2) is 0 Å². The molecule has 3 aliphatic rings. The van der Waals surface area contributed by atoms with Crippen LogP contribution in [0, 0.1) is 0 Å². The van der Waals surface area contributed by atoms with Crippen molar-refractivity contribution >= 4 is 0 Å². The maximum Gasteiger partial charge on any atom is 0.124 e. The summed E-state index contributed by atoms with van der Waals surface area (Å²) in [6.45, 7) is 0.949. The Morgan fingerprint density at radius 3 is 2.36 bits per heavy atom. The van der Waals surface area contributed by atoms with Gasteiger partial charge in [-0.3, -0.25) is 0 Å².